The lowest BCUT2D eigenvalue weighted by Crippen LogP contribution is -2.54. The Morgan fingerprint density at radius 3 is 2.66 bits per heavy atom. The molecule has 29 heavy (non-hydrogen) atoms. The summed E-state index contributed by atoms with van der Waals surface area (Å²) in [5.41, 5.74) is 2.50. The number of anilines is 1. The van der Waals surface area contributed by atoms with E-state index in [4.69, 9.17) is 4.98 Å². The first-order chi connectivity index (χ1) is 14.2. The van der Waals surface area contributed by atoms with Crippen LogP contribution in [0.15, 0.2) is 59.8 Å². The fraction of sp³-hybridized carbons (Fsp3) is 0.364. The maximum atomic E-state index is 12.6. The highest BCUT2D eigenvalue weighted by atomic mass is 16.1. The van der Waals surface area contributed by atoms with Crippen LogP contribution < -0.4 is 10.5 Å². The highest BCUT2D eigenvalue weighted by molar-refractivity contribution is 5.55. The van der Waals surface area contributed by atoms with Gasteiger partial charge in [-0.1, -0.05) is 37.3 Å². The van der Waals surface area contributed by atoms with Gasteiger partial charge in [0.1, 0.15) is 6.33 Å². The molecule has 0 spiro atoms. The standard InChI is InChI=1S/C22H26N6O/c1-3-18-15-27(14-17-7-5-4-6-8-17)11-12-28(18)22-25-20(13-21(29)26(22)2)19-9-10-23-16-24-19/h4-10,13,16,18H,3,11-12,14-15H2,1-2H3/t18-/m1/s1. The van der Waals surface area contributed by atoms with Crippen molar-refractivity contribution in [2.45, 2.75) is 25.9 Å². The molecular weight excluding hydrogens is 364 g/mol. The van der Waals surface area contributed by atoms with Gasteiger partial charge in [0, 0.05) is 51.5 Å². The number of benzene rings is 1. The molecule has 0 bridgehead atoms. The molecule has 1 atom stereocenters. The molecule has 1 aliphatic heterocycles. The van der Waals surface area contributed by atoms with Crippen LogP contribution in [0.5, 0.6) is 0 Å². The maximum absolute atomic E-state index is 12.6. The molecule has 0 aliphatic carbocycles. The van der Waals surface area contributed by atoms with Gasteiger partial charge in [-0.25, -0.2) is 15.0 Å². The van der Waals surface area contributed by atoms with Crippen molar-refractivity contribution in [3.63, 3.8) is 0 Å². The van der Waals surface area contributed by atoms with Crippen LogP contribution in [0.25, 0.3) is 11.4 Å². The van der Waals surface area contributed by atoms with E-state index in [0.29, 0.717) is 23.4 Å². The molecule has 1 saturated heterocycles. The van der Waals surface area contributed by atoms with Crippen LogP contribution in [0.4, 0.5) is 5.95 Å². The van der Waals surface area contributed by atoms with Crippen molar-refractivity contribution in [2.24, 2.45) is 7.05 Å². The smallest absolute Gasteiger partial charge is 0.255 e. The minimum atomic E-state index is -0.0785. The molecule has 4 rings (SSSR count). The van der Waals surface area contributed by atoms with Gasteiger partial charge >= 0.3 is 0 Å². The molecule has 1 aromatic carbocycles. The minimum absolute atomic E-state index is 0.0785. The van der Waals surface area contributed by atoms with Crippen LogP contribution in [-0.2, 0) is 13.6 Å². The monoisotopic (exact) mass is 390 g/mol. The molecule has 1 aliphatic rings. The Morgan fingerprint density at radius 1 is 1.10 bits per heavy atom. The molecule has 7 nitrogen and oxygen atoms in total. The zero-order valence-electron chi connectivity index (χ0n) is 16.9. The van der Waals surface area contributed by atoms with Crippen LogP contribution in [0.2, 0.25) is 0 Å². The number of piperazine rings is 1. The zero-order valence-corrected chi connectivity index (χ0v) is 16.9. The summed E-state index contributed by atoms with van der Waals surface area (Å²) in [5, 5.41) is 0. The summed E-state index contributed by atoms with van der Waals surface area (Å²) in [6.45, 7) is 5.84. The minimum Gasteiger partial charge on any atom is -0.337 e. The van der Waals surface area contributed by atoms with E-state index in [1.54, 1.807) is 29.9 Å². The first kappa shape index (κ1) is 19.3. The third-order valence-corrected chi connectivity index (χ3v) is 5.50. The third-order valence-electron chi connectivity index (χ3n) is 5.50. The third kappa shape index (κ3) is 4.19. The van der Waals surface area contributed by atoms with Crippen molar-refractivity contribution in [3.05, 3.63) is 70.9 Å². The quantitative estimate of drug-likeness (QED) is 0.666. The van der Waals surface area contributed by atoms with E-state index in [1.807, 2.05) is 6.07 Å². The molecule has 7 heteroatoms. The Kier molecular flexibility index (Phi) is 5.67. The van der Waals surface area contributed by atoms with Gasteiger partial charge in [0.25, 0.3) is 5.56 Å². The number of aromatic nitrogens is 4. The van der Waals surface area contributed by atoms with E-state index in [2.05, 4.69) is 51.0 Å². The van der Waals surface area contributed by atoms with Crippen LogP contribution >= 0.6 is 0 Å². The van der Waals surface area contributed by atoms with E-state index in [-0.39, 0.29) is 5.56 Å². The normalized spacial score (nSPS) is 17.4. The van der Waals surface area contributed by atoms with Crippen LogP contribution in [0.3, 0.4) is 0 Å². The predicted molar refractivity (Wildman–Crippen MR) is 114 cm³/mol. The van der Waals surface area contributed by atoms with Gasteiger partial charge in [0.2, 0.25) is 5.95 Å². The van der Waals surface area contributed by atoms with E-state index >= 15 is 0 Å². The van der Waals surface area contributed by atoms with Gasteiger partial charge in [0.05, 0.1) is 11.4 Å². The summed E-state index contributed by atoms with van der Waals surface area (Å²) in [4.78, 5) is 30.4. The fourth-order valence-electron chi connectivity index (χ4n) is 3.88. The van der Waals surface area contributed by atoms with E-state index in [1.165, 1.54) is 11.9 Å². The molecule has 0 radical (unpaired) electrons. The predicted octanol–water partition coefficient (Wildman–Crippen LogP) is 2.34. The molecule has 0 saturated carbocycles. The molecule has 3 aromatic rings. The van der Waals surface area contributed by atoms with Crippen molar-refractivity contribution in [1.82, 2.24) is 24.4 Å². The SMILES string of the molecule is CC[C@@H]1CN(Cc2ccccc2)CCN1c1nc(-c2ccncn2)cc(=O)n1C. The summed E-state index contributed by atoms with van der Waals surface area (Å²) in [7, 11) is 1.79. The number of hydrogen-bond acceptors (Lipinski definition) is 6. The van der Waals surface area contributed by atoms with Gasteiger partial charge in [-0.05, 0) is 18.1 Å². The second-order valence-corrected chi connectivity index (χ2v) is 7.41. The summed E-state index contributed by atoms with van der Waals surface area (Å²) in [6, 6.07) is 14.2. The molecule has 0 N–H and O–H groups in total. The maximum Gasteiger partial charge on any atom is 0.255 e. The summed E-state index contributed by atoms with van der Waals surface area (Å²) in [6.07, 6.45) is 4.13. The van der Waals surface area contributed by atoms with Crippen molar-refractivity contribution in [1.29, 1.82) is 0 Å². The lowest BCUT2D eigenvalue weighted by molar-refractivity contribution is 0.210. The van der Waals surface area contributed by atoms with Crippen molar-refractivity contribution in [2.75, 3.05) is 24.5 Å². The Balaban J connectivity index is 1.59. The summed E-state index contributed by atoms with van der Waals surface area (Å²) in [5.74, 6) is 0.706. The Labute approximate surface area is 170 Å². The highest BCUT2D eigenvalue weighted by Crippen LogP contribution is 2.23. The average Bonchev–Trinajstić information content (AvgIpc) is 2.77. The molecule has 2 aromatic heterocycles. The average molecular weight is 390 g/mol. The van der Waals surface area contributed by atoms with Gasteiger partial charge in [-0.2, -0.15) is 0 Å². The van der Waals surface area contributed by atoms with E-state index < -0.39 is 0 Å². The van der Waals surface area contributed by atoms with E-state index in [9.17, 15) is 4.79 Å². The van der Waals surface area contributed by atoms with Gasteiger partial charge in [-0.3, -0.25) is 14.3 Å². The lowest BCUT2D eigenvalue weighted by Gasteiger charge is -2.42. The topological polar surface area (TPSA) is 67.2 Å². The Morgan fingerprint density at radius 2 is 1.93 bits per heavy atom. The van der Waals surface area contributed by atoms with Crippen molar-refractivity contribution in [3.8, 4) is 11.4 Å². The van der Waals surface area contributed by atoms with Crippen LogP contribution in [0, 0.1) is 0 Å². The van der Waals surface area contributed by atoms with Gasteiger partial charge in [-0.15, -0.1) is 0 Å². The molecule has 0 amide bonds. The molecule has 150 valence electrons. The molecule has 3 heterocycles. The molecule has 0 unspecified atom stereocenters. The lowest BCUT2D eigenvalue weighted by atomic mass is 10.1. The zero-order chi connectivity index (χ0) is 20.2. The van der Waals surface area contributed by atoms with E-state index in [0.717, 1.165) is 32.6 Å². The summed E-state index contributed by atoms with van der Waals surface area (Å²) >= 11 is 0. The Bertz CT molecular complexity index is 1000. The molecule has 1 fully saturated rings. The number of rotatable bonds is 5. The Hall–Kier alpha value is -3.06. The van der Waals surface area contributed by atoms with Crippen LogP contribution in [0.1, 0.15) is 18.9 Å². The van der Waals surface area contributed by atoms with Crippen molar-refractivity contribution >= 4 is 5.95 Å². The first-order valence-corrected chi connectivity index (χ1v) is 10.0. The molecular formula is C22H26N6O. The van der Waals surface area contributed by atoms with Gasteiger partial charge < -0.3 is 4.90 Å². The second kappa shape index (κ2) is 8.53. The number of hydrogen-bond donors (Lipinski definition) is 0. The summed E-state index contributed by atoms with van der Waals surface area (Å²) < 4.78 is 1.64. The highest BCUT2D eigenvalue weighted by Gasteiger charge is 2.28. The first-order valence-electron chi connectivity index (χ1n) is 10.0. The van der Waals surface area contributed by atoms with Crippen molar-refractivity contribution < 1.29 is 0 Å². The second-order valence-electron chi connectivity index (χ2n) is 7.41. The fourth-order valence-corrected chi connectivity index (χ4v) is 3.88. The van der Waals surface area contributed by atoms with Gasteiger partial charge in [0.15, 0.2) is 0 Å². The largest absolute Gasteiger partial charge is 0.337 e. The number of nitrogens with zero attached hydrogens (tertiary/aromatic N) is 6. The van der Waals surface area contributed by atoms with Crippen LogP contribution in [-0.4, -0.2) is 50.1 Å².